The lowest BCUT2D eigenvalue weighted by atomic mass is 10.0. The maximum Gasteiger partial charge on any atom is 0.341 e. The first kappa shape index (κ1) is 17.0. The summed E-state index contributed by atoms with van der Waals surface area (Å²) in [6, 6.07) is 2.19. The van der Waals surface area contributed by atoms with E-state index in [0.717, 1.165) is 31.7 Å². The van der Waals surface area contributed by atoms with Gasteiger partial charge in [-0.15, -0.1) is 0 Å². The van der Waals surface area contributed by atoms with Crippen molar-refractivity contribution in [3.63, 3.8) is 0 Å². The number of nitrogens with zero attached hydrogens (tertiary/aromatic N) is 2. The van der Waals surface area contributed by atoms with E-state index in [-0.39, 0.29) is 12.6 Å². The van der Waals surface area contributed by atoms with Crippen molar-refractivity contribution >= 4 is 5.97 Å². The lowest BCUT2D eigenvalue weighted by Gasteiger charge is -2.36. The first-order valence-electron chi connectivity index (χ1n) is 7.76. The number of likely N-dealkylation sites (tertiary alicyclic amines) is 1. The van der Waals surface area contributed by atoms with Gasteiger partial charge in [0.2, 0.25) is 0 Å². The summed E-state index contributed by atoms with van der Waals surface area (Å²) >= 11 is 0. The Bertz CT molecular complexity index is 492. The van der Waals surface area contributed by atoms with Crippen LogP contribution in [0, 0.1) is 6.92 Å². The van der Waals surface area contributed by atoms with Crippen LogP contribution in [0.3, 0.4) is 0 Å². The Balaban J connectivity index is 2.06. The van der Waals surface area contributed by atoms with Crippen molar-refractivity contribution in [1.29, 1.82) is 0 Å². The van der Waals surface area contributed by atoms with E-state index < -0.39 is 0 Å². The molecule has 22 heavy (non-hydrogen) atoms. The molecule has 1 saturated heterocycles. The van der Waals surface area contributed by atoms with Gasteiger partial charge in [0.05, 0.1) is 20.3 Å². The van der Waals surface area contributed by atoms with E-state index in [1.165, 1.54) is 7.11 Å². The molecule has 0 atom stereocenters. The van der Waals surface area contributed by atoms with Gasteiger partial charge >= 0.3 is 5.97 Å². The molecule has 0 bridgehead atoms. The smallest absolute Gasteiger partial charge is 0.341 e. The third-order valence-electron chi connectivity index (χ3n) is 4.32. The normalized spacial score (nSPS) is 17.1. The average molecular weight is 310 g/mol. The predicted molar refractivity (Wildman–Crippen MR) is 82.8 cm³/mol. The fourth-order valence-corrected chi connectivity index (χ4v) is 3.01. The Morgan fingerprint density at radius 2 is 2.18 bits per heavy atom. The molecule has 1 N–H and O–H groups in total. The van der Waals surface area contributed by atoms with Crippen molar-refractivity contribution in [3.8, 4) is 0 Å². The maximum absolute atomic E-state index is 11.7. The van der Waals surface area contributed by atoms with Crippen molar-refractivity contribution in [3.05, 3.63) is 23.2 Å². The highest BCUT2D eigenvalue weighted by Gasteiger charge is 2.24. The molecule has 0 aromatic carbocycles. The number of aliphatic hydroxyl groups excluding tert-OH is 1. The zero-order valence-corrected chi connectivity index (χ0v) is 13.7. The molecular formula is C16H26N2O4. The number of aryl methyl sites for hydroxylation is 1. The largest absolute Gasteiger partial charge is 0.465 e. The molecule has 0 aliphatic carbocycles. The Kier molecular flexibility index (Phi) is 5.99. The molecule has 0 radical (unpaired) electrons. The second-order valence-electron chi connectivity index (χ2n) is 5.90. The highest BCUT2D eigenvalue weighted by atomic mass is 16.5. The van der Waals surface area contributed by atoms with Crippen molar-refractivity contribution in [1.82, 2.24) is 9.80 Å². The maximum atomic E-state index is 11.7. The lowest BCUT2D eigenvalue weighted by Crippen LogP contribution is -2.44. The molecular weight excluding hydrogens is 284 g/mol. The van der Waals surface area contributed by atoms with Crippen LogP contribution in [0.1, 0.15) is 34.7 Å². The molecule has 1 aliphatic heterocycles. The molecule has 0 unspecified atom stereocenters. The van der Waals surface area contributed by atoms with Crippen molar-refractivity contribution < 1.29 is 19.1 Å². The average Bonchev–Trinajstić information content (AvgIpc) is 2.87. The molecule has 1 fully saturated rings. The highest BCUT2D eigenvalue weighted by molar-refractivity contribution is 5.90. The molecule has 0 spiro atoms. The van der Waals surface area contributed by atoms with Gasteiger partial charge in [-0.1, -0.05) is 0 Å². The number of piperidine rings is 1. The van der Waals surface area contributed by atoms with Crippen molar-refractivity contribution in [2.75, 3.05) is 40.4 Å². The minimum Gasteiger partial charge on any atom is -0.465 e. The van der Waals surface area contributed by atoms with Crippen LogP contribution in [0.2, 0.25) is 0 Å². The monoisotopic (exact) mass is 310 g/mol. The van der Waals surface area contributed by atoms with Gasteiger partial charge in [-0.2, -0.15) is 0 Å². The lowest BCUT2D eigenvalue weighted by molar-refractivity contribution is 0.0599. The Morgan fingerprint density at radius 1 is 1.50 bits per heavy atom. The van der Waals surface area contributed by atoms with Gasteiger partial charge in [0, 0.05) is 12.6 Å². The van der Waals surface area contributed by atoms with Crippen LogP contribution in [0.5, 0.6) is 0 Å². The summed E-state index contributed by atoms with van der Waals surface area (Å²) in [7, 11) is 3.50. The van der Waals surface area contributed by atoms with E-state index in [1.807, 2.05) is 0 Å². The standard InChI is InChI=1S/C16H26N2O4/c1-12-15(16(20)21-3)10-14(22-12)11-18(8-9-19)13-4-6-17(2)7-5-13/h10,13,19H,4-9,11H2,1-3H3. The van der Waals surface area contributed by atoms with Crippen LogP contribution >= 0.6 is 0 Å². The SMILES string of the molecule is COC(=O)c1cc(CN(CCO)C2CCN(C)CC2)oc1C. The minimum absolute atomic E-state index is 0.121. The zero-order valence-electron chi connectivity index (χ0n) is 13.7. The first-order valence-corrected chi connectivity index (χ1v) is 7.76. The second kappa shape index (κ2) is 7.76. The Morgan fingerprint density at radius 3 is 2.77 bits per heavy atom. The van der Waals surface area contributed by atoms with Gasteiger partial charge in [-0.3, -0.25) is 4.90 Å². The topological polar surface area (TPSA) is 66.2 Å². The third kappa shape index (κ3) is 4.09. The number of carbonyl (C=O) groups is 1. The van der Waals surface area contributed by atoms with Crippen LogP contribution in [0.4, 0.5) is 0 Å². The summed E-state index contributed by atoms with van der Waals surface area (Å²) in [4.78, 5) is 16.2. The molecule has 6 nitrogen and oxygen atoms in total. The molecule has 0 amide bonds. The number of hydrogen-bond donors (Lipinski definition) is 1. The van der Waals surface area contributed by atoms with E-state index in [2.05, 4.69) is 16.8 Å². The van der Waals surface area contributed by atoms with Gasteiger partial charge < -0.3 is 19.2 Å². The molecule has 1 aromatic heterocycles. The number of hydrogen-bond acceptors (Lipinski definition) is 6. The quantitative estimate of drug-likeness (QED) is 0.798. The molecule has 1 aromatic rings. The van der Waals surface area contributed by atoms with Crippen molar-refractivity contribution in [2.45, 2.75) is 32.4 Å². The summed E-state index contributed by atoms with van der Waals surface area (Å²) in [6.45, 7) is 5.24. The van der Waals surface area contributed by atoms with E-state index in [0.29, 0.717) is 30.5 Å². The Labute approximate surface area is 131 Å². The summed E-state index contributed by atoms with van der Waals surface area (Å²) in [5, 5.41) is 9.33. The fourth-order valence-electron chi connectivity index (χ4n) is 3.01. The minimum atomic E-state index is -0.375. The van der Waals surface area contributed by atoms with Crippen LogP contribution in [0.15, 0.2) is 10.5 Å². The number of carbonyl (C=O) groups excluding carboxylic acids is 1. The van der Waals surface area contributed by atoms with Crippen LogP contribution in [-0.2, 0) is 11.3 Å². The highest BCUT2D eigenvalue weighted by Crippen LogP contribution is 2.21. The van der Waals surface area contributed by atoms with Gasteiger partial charge in [-0.05, 0) is 46.0 Å². The van der Waals surface area contributed by atoms with Crippen LogP contribution < -0.4 is 0 Å². The zero-order chi connectivity index (χ0) is 16.1. The van der Waals surface area contributed by atoms with Gasteiger partial charge in [0.25, 0.3) is 0 Å². The van der Waals surface area contributed by atoms with Gasteiger partial charge in [0.15, 0.2) is 0 Å². The number of furan rings is 1. The third-order valence-corrected chi connectivity index (χ3v) is 4.32. The number of aliphatic hydroxyl groups is 1. The molecule has 0 saturated carbocycles. The Hall–Kier alpha value is -1.37. The summed E-state index contributed by atoms with van der Waals surface area (Å²) in [5.41, 5.74) is 0.477. The fraction of sp³-hybridized carbons (Fsp3) is 0.688. The summed E-state index contributed by atoms with van der Waals surface area (Å²) in [5.74, 6) is 0.944. The van der Waals surface area contributed by atoms with Gasteiger partial charge in [0.1, 0.15) is 17.1 Å². The number of rotatable bonds is 6. The number of esters is 1. The molecule has 2 rings (SSSR count). The van der Waals surface area contributed by atoms with Gasteiger partial charge in [-0.25, -0.2) is 4.79 Å². The first-order chi connectivity index (χ1) is 10.5. The number of methoxy groups -OCH3 is 1. The molecule has 124 valence electrons. The molecule has 2 heterocycles. The van der Waals surface area contributed by atoms with E-state index >= 15 is 0 Å². The summed E-state index contributed by atoms with van der Waals surface area (Å²) in [6.07, 6.45) is 2.17. The van der Waals surface area contributed by atoms with E-state index in [4.69, 9.17) is 9.15 Å². The van der Waals surface area contributed by atoms with Crippen LogP contribution in [-0.4, -0.2) is 67.3 Å². The molecule has 6 heteroatoms. The second-order valence-corrected chi connectivity index (χ2v) is 5.90. The number of ether oxygens (including phenoxy) is 1. The van der Waals surface area contributed by atoms with E-state index in [1.54, 1.807) is 13.0 Å². The van der Waals surface area contributed by atoms with E-state index in [9.17, 15) is 9.90 Å². The van der Waals surface area contributed by atoms with Crippen molar-refractivity contribution in [2.24, 2.45) is 0 Å². The van der Waals surface area contributed by atoms with Crippen LogP contribution in [0.25, 0.3) is 0 Å². The predicted octanol–water partition coefficient (Wildman–Crippen LogP) is 1.26. The summed E-state index contributed by atoms with van der Waals surface area (Å²) < 4.78 is 10.4. The molecule has 1 aliphatic rings.